The number of hydrogen-bond acceptors (Lipinski definition) is 4. The first-order valence-electron chi connectivity index (χ1n) is 6.13. The maximum absolute atomic E-state index is 11.8. The minimum absolute atomic E-state index is 0.0832. The molecule has 0 amide bonds. The molecule has 110 valence electrons. The van der Waals surface area contributed by atoms with Crippen LogP contribution in [0.1, 0.15) is 16.1 Å². The molecule has 1 aromatic carbocycles. The molecule has 0 atom stereocenters. The minimum Gasteiger partial charge on any atom is -0.497 e. The van der Waals surface area contributed by atoms with Crippen LogP contribution in [0.4, 0.5) is 0 Å². The Bertz CT molecular complexity index is 752. The first kappa shape index (κ1) is 15.1. The van der Waals surface area contributed by atoms with E-state index in [1.807, 2.05) is 0 Å². The van der Waals surface area contributed by atoms with Crippen molar-refractivity contribution in [3.05, 3.63) is 51.9 Å². The summed E-state index contributed by atoms with van der Waals surface area (Å²) in [7, 11) is 3.09. The summed E-state index contributed by atoms with van der Waals surface area (Å²) in [6.45, 7) is 1.76. The molecule has 0 N–H and O–H groups in total. The van der Waals surface area contributed by atoms with Gasteiger partial charge in [-0.1, -0.05) is 0 Å². The average molecular weight is 308 g/mol. The largest absolute Gasteiger partial charge is 0.497 e. The van der Waals surface area contributed by atoms with Gasteiger partial charge in [0.1, 0.15) is 11.5 Å². The standard InChI is InChI=1S/C15H14ClNO4/c1-9-6-13(18)11(15(16)19)8-17(9)12-5-4-10(20-2)7-14(12)21-3/h4-8H,1-3H3. The van der Waals surface area contributed by atoms with E-state index >= 15 is 0 Å². The van der Waals surface area contributed by atoms with Crippen molar-refractivity contribution in [2.75, 3.05) is 14.2 Å². The van der Waals surface area contributed by atoms with Gasteiger partial charge < -0.3 is 14.0 Å². The molecule has 0 aliphatic heterocycles. The quantitative estimate of drug-likeness (QED) is 0.815. The van der Waals surface area contributed by atoms with Crippen LogP contribution in [0.15, 0.2) is 35.3 Å². The average Bonchev–Trinajstić information content (AvgIpc) is 2.46. The summed E-state index contributed by atoms with van der Waals surface area (Å²) >= 11 is 5.44. The number of aromatic nitrogens is 1. The number of pyridine rings is 1. The van der Waals surface area contributed by atoms with E-state index in [-0.39, 0.29) is 5.56 Å². The smallest absolute Gasteiger partial charge is 0.257 e. The molecule has 0 aliphatic carbocycles. The highest BCUT2D eigenvalue weighted by Gasteiger charge is 2.13. The van der Waals surface area contributed by atoms with E-state index in [4.69, 9.17) is 21.1 Å². The van der Waals surface area contributed by atoms with Gasteiger partial charge in [0.15, 0.2) is 5.43 Å². The van der Waals surface area contributed by atoms with E-state index in [1.165, 1.54) is 19.4 Å². The molecule has 21 heavy (non-hydrogen) atoms. The lowest BCUT2D eigenvalue weighted by molar-refractivity contribution is 0.108. The Morgan fingerprint density at radius 3 is 2.48 bits per heavy atom. The lowest BCUT2D eigenvalue weighted by atomic mass is 10.2. The van der Waals surface area contributed by atoms with Crippen LogP contribution in [0.3, 0.4) is 0 Å². The maximum atomic E-state index is 11.8. The first-order valence-corrected chi connectivity index (χ1v) is 6.51. The Hall–Kier alpha value is -2.27. The van der Waals surface area contributed by atoms with E-state index in [2.05, 4.69) is 0 Å². The van der Waals surface area contributed by atoms with Gasteiger partial charge in [-0.3, -0.25) is 9.59 Å². The topological polar surface area (TPSA) is 57.5 Å². The molecule has 2 aromatic rings. The molecule has 5 nitrogen and oxygen atoms in total. The Labute approximate surface area is 126 Å². The highest BCUT2D eigenvalue weighted by molar-refractivity contribution is 6.67. The molecule has 1 heterocycles. The fourth-order valence-corrected chi connectivity index (χ4v) is 2.16. The molecule has 1 aromatic heterocycles. The second-order valence-electron chi connectivity index (χ2n) is 4.37. The number of benzene rings is 1. The summed E-state index contributed by atoms with van der Waals surface area (Å²) in [4.78, 5) is 23.1. The molecule has 0 saturated heterocycles. The van der Waals surface area contributed by atoms with Crippen LogP contribution in [-0.2, 0) is 0 Å². The molecular weight excluding hydrogens is 294 g/mol. The minimum atomic E-state index is -0.791. The third kappa shape index (κ3) is 2.92. The van der Waals surface area contributed by atoms with Crippen LogP contribution < -0.4 is 14.9 Å². The van der Waals surface area contributed by atoms with Crippen LogP contribution in [-0.4, -0.2) is 24.0 Å². The Kier molecular flexibility index (Phi) is 4.33. The van der Waals surface area contributed by atoms with Crippen molar-refractivity contribution in [3.8, 4) is 17.2 Å². The molecule has 0 saturated carbocycles. The Morgan fingerprint density at radius 2 is 1.90 bits per heavy atom. The Morgan fingerprint density at radius 1 is 1.19 bits per heavy atom. The van der Waals surface area contributed by atoms with E-state index in [1.54, 1.807) is 36.8 Å². The van der Waals surface area contributed by atoms with Crippen LogP contribution in [0.5, 0.6) is 11.5 Å². The molecule has 0 aliphatic rings. The van der Waals surface area contributed by atoms with Crippen molar-refractivity contribution in [2.45, 2.75) is 6.92 Å². The van der Waals surface area contributed by atoms with Gasteiger partial charge in [-0.2, -0.15) is 0 Å². The first-order chi connectivity index (χ1) is 9.97. The molecule has 2 rings (SSSR count). The second kappa shape index (κ2) is 6.01. The van der Waals surface area contributed by atoms with Gasteiger partial charge in [0.05, 0.1) is 25.5 Å². The van der Waals surface area contributed by atoms with E-state index in [0.29, 0.717) is 22.9 Å². The number of aryl methyl sites for hydroxylation is 1. The zero-order chi connectivity index (χ0) is 15.6. The van der Waals surface area contributed by atoms with Crippen molar-refractivity contribution in [1.29, 1.82) is 0 Å². The predicted molar refractivity (Wildman–Crippen MR) is 80.1 cm³/mol. The van der Waals surface area contributed by atoms with E-state index < -0.39 is 10.7 Å². The van der Waals surface area contributed by atoms with Crippen molar-refractivity contribution in [1.82, 2.24) is 4.57 Å². The monoisotopic (exact) mass is 307 g/mol. The maximum Gasteiger partial charge on any atom is 0.257 e. The molecule has 0 spiro atoms. The van der Waals surface area contributed by atoms with Gasteiger partial charge in [-0.15, -0.1) is 0 Å². The normalized spacial score (nSPS) is 10.3. The van der Waals surface area contributed by atoms with Crippen LogP contribution >= 0.6 is 11.6 Å². The molecule has 6 heteroatoms. The lowest BCUT2D eigenvalue weighted by Crippen LogP contribution is -2.16. The van der Waals surface area contributed by atoms with Crippen molar-refractivity contribution in [3.63, 3.8) is 0 Å². The summed E-state index contributed by atoms with van der Waals surface area (Å²) in [5, 5.41) is -0.791. The van der Waals surface area contributed by atoms with Gasteiger partial charge in [-0.25, -0.2) is 0 Å². The molecular formula is C15H14ClNO4. The van der Waals surface area contributed by atoms with Crippen LogP contribution in [0.2, 0.25) is 0 Å². The number of rotatable bonds is 4. The fraction of sp³-hybridized carbons (Fsp3) is 0.200. The third-order valence-electron chi connectivity index (χ3n) is 3.10. The number of halogens is 1. The summed E-state index contributed by atoms with van der Waals surface area (Å²) < 4.78 is 12.2. The van der Waals surface area contributed by atoms with Crippen molar-refractivity contribution in [2.24, 2.45) is 0 Å². The third-order valence-corrected chi connectivity index (χ3v) is 3.31. The van der Waals surface area contributed by atoms with Gasteiger partial charge >= 0.3 is 0 Å². The zero-order valence-corrected chi connectivity index (χ0v) is 12.6. The molecule has 0 radical (unpaired) electrons. The van der Waals surface area contributed by atoms with E-state index in [9.17, 15) is 9.59 Å². The summed E-state index contributed by atoms with van der Waals surface area (Å²) in [6.07, 6.45) is 1.41. The number of carbonyl (C=O) groups excluding carboxylic acids is 1. The molecule has 0 fully saturated rings. The molecule has 0 unspecified atom stereocenters. The number of methoxy groups -OCH3 is 2. The number of hydrogen-bond donors (Lipinski definition) is 0. The predicted octanol–water partition coefficient (Wildman–Crippen LogP) is 2.54. The van der Waals surface area contributed by atoms with Gasteiger partial charge in [-0.05, 0) is 30.7 Å². The van der Waals surface area contributed by atoms with Gasteiger partial charge in [0, 0.05) is 24.0 Å². The zero-order valence-electron chi connectivity index (χ0n) is 11.8. The highest BCUT2D eigenvalue weighted by Crippen LogP contribution is 2.28. The van der Waals surface area contributed by atoms with Gasteiger partial charge in [0.25, 0.3) is 5.24 Å². The summed E-state index contributed by atoms with van der Waals surface area (Å²) in [5.74, 6) is 1.19. The van der Waals surface area contributed by atoms with Gasteiger partial charge in [0.2, 0.25) is 0 Å². The second-order valence-corrected chi connectivity index (χ2v) is 4.72. The number of nitrogens with zero attached hydrogens (tertiary/aromatic N) is 1. The fourth-order valence-electron chi connectivity index (χ4n) is 2.02. The van der Waals surface area contributed by atoms with Crippen LogP contribution in [0.25, 0.3) is 5.69 Å². The molecule has 0 bridgehead atoms. The van der Waals surface area contributed by atoms with Crippen molar-refractivity contribution >= 4 is 16.8 Å². The Balaban J connectivity index is 2.69. The lowest BCUT2D eigenvalue weighted by Gasteiger charge is -2.16. The van der Waals surface area contributed by atoms with Crippen molar-refractivity contribution < 1.29 is 14.3 Å². The van der Waals surface area contributed by atoms with E-state index in [0.717, 1.165) is 0 Å². The number of carbonyl (C=O) groups is 1. The number of ether oxygens (including phenoxy) is 2. The summed E-state index contributed by atoms with van der Waals surface area (Å²) in [5.41, 5.74) is 0.844. The van der Waals surface area contributed by atoms with Crippen LogP contribution in [0, 0.1) is 6.92 Å². The SMILES string of the molecule is COc1ccc(-n2cc(C(=O)Cl)c(=O)cc2C)c(OC)c1. The highest BCUT2D eigenvalue weighted by atomic mass is 35.5. The summed E-state index contributed by atoms with van der Waals surface area (Å²) in [6, 6.07) is 6.61.